The maximum Gasteiger partial charge on any atom is 0.0146 e. The number of aryl methyl sites for hydroxylation is 2. The van der Waals surface area contributed by atoms with E-state index in [1.54, 1.807) is 0 Å². The van der Waals surface area contributed by atoms with E-state index < -0.39 is 0 Å². The van der Waals surface area contributed by atoms with E-state index in [0.29, 0.717) is 0 Å². The molecule has 0 spiro atoms. The predicted molar refractivity (Wildman–Crippen MR) is 92.9 cm³/mol. The summed E-state index contributed by atoms with van der Waals surface area (Å²) in [6.07, 6.45) is 2.15. The lowest BCUT2D eigenvalue weighted by Gasteiger charge is -2.26. The number of benzene rings is 2. The first-order valence-corrected chi connectivity index (χ1v) is 7.70. The van der Waals surface area contributed by atoms with Crippen LogP contribution in [0.4, 0.5) is 0 Å². The molecule has 0 amide bonds. The number of rotatable bonds is 5. The van der Waals surface area contributed by atoms with E-state index in [9.17, 15) is 0 Å². The first-order valence-electron chi connectivity index (χ1n) is 7.70. The Balaban J connectivity index is 2.20. The van der Waals surface area contributed by atoms with Gasteiger partial charge in [-0.1, -0.05) is 73.5 Å². The van der Waals surface area contributed by atoms with E-state index in [1.807, 2.05) is 0 Å². The summed E-state index contributed by atoms with van der Waals surface area (Å²) in [5, 5.41) is 0. The monoisotopic (exact) mass is 278 g/mol. The maximum atomic E-state index is 3.97. The fourth-order valence-electron chi connectivity index (χ4n) is 2.58. The minimum absolute atomic E-state index is 0.0422. The van der Waals surface area contributed by atoms with Crippen molar-refractivity contribution in [2.45, 2.75) is 46.0 Å². The van der Waals surface area contributed by atoms with Crippen molar-refractivity contribution in [3.05, 3.63) is 82.9 Å². The van der Waals surface area contributed by atoms with Crippen LogP contribution >= 0.6 is 0 Å². The van der Waals surface area contributed by atoms with Gasteiger partial charge in [-0.3, -0.25) is 0 Å². The highest BCUT2D eigenvalue weighted by molar-refractivity contribution is 5.39. The molecule has 2 aromatic rings. The Morgan fingerprint density at radius 3 is 1.86 bits per heavy atom. The molecule has 21 heavy (non-hydrogen) atoms. The molecule has 0 unspecified atom stereocenters. The van der Waals surface area contributed by atoms with Crippen molar-refractivity contribution in [1.29, 1.82) is 0 Å². The van der Waals surface area contributed by atoms with Crippen molar-refractivity contribution in [2.24, 2.45) is 0 Å². The second-order valence-corrected chi connectivity index (χ2v) is 6.65. The molecule has 0 radical (unpaired) electrons. The Morgan fingerprint density at radius 2 is 1.38 bits per heavy atom. The molecule has 0 N–H and O–H groups in total. The second-order valence-electron chi connectivity index (χ2n) is 6.65. The van der Waals surface area contributed by atoms with Crippen LogP contribution in [0, 0.1) is 6.92 Å². The molecule has 0 heterocycles. The largest absolute Gasteiger partial charge is 0.100 e. The molecule has 0 bridgehead atoms. The molecule has 0 aliphatic rings. The lowest BCUT2D eigenvalue weighted by molar-refractivity contribution is 0.640. The number of hydrogen-bond donors (Lipinski definition) is 0. The van der Waals surface area contributed by atoms with Gasteiger partial charge in [0.2, 0.25) is 0 Å². The van der Waals surface area contributed by atoms with Crippen molar-refractivity contribution in [3.63, 3.8) is 0 Å². The third-order valence-electron chi connectivity index (χ3n) is 4.29. The van der Waals surface area contributed by atoms with Crippen LogP contribution in [0.25, 0.3) is 0 Å². The Hall–Kier alpha value is -1.82. The molecule has 2 aromatic carbocycles. The quantitative estimate of drug-likeness (QED) is 0.604. The molecule has 0 nitrogen and oxygen atoms in total. The Kier molecular flexibility index (Phi) is 4.67. The van der Waals surface area contributed by atoms with Crippen LogP contribution in [0.3, 0.4) is 0 Å². The van der Waals surface area contributed by atoms with Gasteiger partial charge in [-0.15, -0.1) is 6.58 Å². The summed E-state index contributed by atoms with van der Waals surface area (Å²) in [4.78, 5) is 0. The summed E-state index contributed by atoms with van der Waals surface area (Å²) in [6.45, 7) is 12.8. The minimum atomic E-state index is 0.0422. The Morgan fingerprint density at radius 1 is 0.905 bits per heavy atom. The molecule has 0 aromatic heterocycles. The molecule has 110 valence electrons. The molecule has 0 saturated carbocycles. The first kappa shape index (κ1) is 15.6. The van der Waals surface area contributed by atoms with Crippen molar-refractivity contribution in [1.82, 2.24) is 0 Å². The summed E-state index contributed by atoms with van der Waals surface area (Å²) < 4.78 is 0. The highest BCUT2D eigenvalue weighted by Gasteiger charge is 2.22. The highest BCUT2D eigenvalue weighted by atomic mass is 14.3. The average Bonchev–Trinajstić information content (AvgIpc) is 2.46. The van der Waals surface area contributed by atoms with E-state index >= 15 is 0 Å². The molecule has 0 heteroatoms. The van der Waals surface area contributed by atoms with Crippen molar-refractivity contribution >= 4 is 0 Å². The van der Waals surface area contributed by atoms with E-state index in [0.717, 1.165) is 12.8 Å². The summed E-state index contributed by atoms with van der Waals surface area (Å²) >= 11 is 0. The molecule has 0 aliphatic heterocycles. The van der Waals surface area contributed by atoms with Crippen LogP contribution in [0.5, 0.6) is 0 Å². The molecule has 2 rings (SSSR count). The lowest BCUT2D eigenvalue weighted by Crippen LogP contribution is -2.18. The fraction of sp³-hybridized carbons (Fsp3) is 0.333. The zero-order valence-corrected chi connectivity index (χ0v) is 13.7. The van der Waals surface area contributed by atoms with Gasteiger partial charge < -0.3 is 0 Å². The Labute approximate surface area is 129 Å². The molecule has 0 saturated heterocycles. The van der Waals surface area contributed by atoms with Gasteiger partial charge in [0.1, 0.15) is 0 Å². The van der Waals surface area contributed by atoms with Gasteiger partial charge in [-0.2, -0.15) is 0 Å². The van der Waals surface area contributed by atoms with Gasteiger partial charge >= 0.3 is 0 Å². The first-order chi connectivity index (χ1) is 9.89. The Bertz CT molecular complexity index is 597. The molecule has 0 fully saturated rings. The summed E-state index contributed by atoms with van der Waals surface area (Å²) in [7, 11) is 0. The smallest absolute Gasteiger partial charge is 0.0146 e. The van der Waals surface area contributed by atoms with Gasteiger partial charge in [0.25, 0.3) is 0 Å². The van der Waals surface area contributed by atoms with Crippen molar-refractivity contribution in [3.8, 4) is 0 Å². The van der Waals surface area contributed by atoms with E-state index in [1.165, 1.54) is 27.8 Å². The van der Waals surface area contributed by atoms with Crippen LogP contribution in [0.1, 0.15) is 49.4 Å². The predicted octanol–water partition coefficient (Wildman–Crippen LogP) is 5.83. The SMILES string of the molecule is C=C(C)CCc1ccc(C(C)(C)c2ccc(C)cc2)cc1. The van der Waals surface area contributed by atoms with E-state index in [4.69, 9.17) is 0 Å². The number of hydrogen-bond acceptors (Lipinski definition) is 0. The third kappa shape index (κ3) is 3.85. The number of allylic oxidation sites excluding steroid dienone is 1. The zero-order chi connectivity index (χ0) is 15.5. The zero-order valence-electron chi connectivity index (χ0n) is 13.7. The van der Waals surface area contributed by atoms with Gasteiger partial charge in [0.05, 0.1) is 0 Å². The van der Waals surface area contributed by atoms with Crippen molar-refractivity contribution < 1.29 is 0 Å². The molecule has 0 aliphatic carbocycles. The van der Waals surface area contributed by atoms with Crippen LogP contribution in [-0.2, 0) is 11.8 Å². The summed E-state index contributed by atoms with van der Waals surface area (Å²) in [6, 6.07) is 17.9. The van der Waals surface area contributed by atoms with E-state index in [2.05, 4.69) is 82.8 Å². The third-order valence-corrected chi connectivity index (χ3v) is 4.29. The van der Waals surface area contributed by atoms with Crippen LogP contribution in [0.2, 0.25) is 0 Å². The maximum absolute atomic E-state index is 3.97. The lowest BCUT2D eigenvalue weighted by atomic mass is 9.77. The van der Waals surface area contributed by atoms with Crippen LogP contribution in [-0.4, -0.2) is 0 Å². The second kappa shape index (κ2) is 6.30. The van der Waals surface area contributed by atoms with Crippen LogP contribution < -0.4 is 0 Å². The van der Waals surface area contributed by atoms with Gasteiger partial charge in [0.15, 0.2) is 0 Å². The van der Waals surface area contributed by atoms with Crippen LogP contribution in [0.15, 0.2) is 60.7 Å². The summed E-state index contributed by atoms with van der Waals surface area (Å²) in [5.41, 5.74) is 6.72. The highest BCUT2D eigenvalue weighted by Crippen LogP contribution is 2.31. The van der Waals surface area contributed by atoms with E-state index in [-0.39, 0.29) is 5.41 Å². The van der Waals surface area contributed by atoms with Crippen molar-refractivity contribution in [2.75, 3.05) is 0 Å². The fourth-order valence-corrected chi connectivity index (χ4v) is 2.58. The normalized spacial score (nSPS) is 11.4. The average molecular weight is 278 g/mol. The molecule has 0 atom stereocenters. The summed E-state index contributed by atoms with van der Waals surface area (Å²) in [5.74, 6) is 0. The van der Waals surface area contributed by atoms with Gasteiger partial charge in [-0.25, -0.2) is 0 Å². The topological polar surface area (TPSA) is 0 Å². The minimum Gasteiger partial charge on any atom is -0.100 e. The van der Waals surface area contributed by atoms with Gasteiger partial charge in [0, 0.05) is 5.41 Å². The van der Waals surface area contributed by atoms with Gasteiger partial charge in [-0.05, 0) is 43.4 Å². The standard InChI is InChI=1S/C21H26/c1-16(2)6-9-18-10-14-20(15-11-18)21(4,5)19-12-7-17(3)8-13-19/h7-8,10-15H,1,6,9H2,2-5H3. The molecular formula is C21H26. The molecular weight excluding hydrogens is 252 g/mol.